The van der Waals surface area contributed by atoms with E-state index in [9.17, 15) is 4.79 Å². The molecule has 120 valence electrons. The molecule has 1 amide bonds. The first-order valence-electron chi connectivity index (χ1n) is 6.72. The van der Waals surface area contributed by atoms with E-state index in [0.29, 0.717) is 11.5 Å². The minimum atomic E-state index is -0.706. The summed E-state index contributed by atoms with van der Waals surface area (Å²) in [5.41, 5.74) is -0.171. The Bertz CT molecular complexity index is 810. The number of rotatable bonds is 4. The van der Waals surface area contributed by atoms with Crippen molar-refractivity contribution in [1.29, 1.82) is 15.8 Å². The summed E-state index contributed by atoms with van der Waals surface area (Å²) in [6, 6.07) is 7.94. The van der Waals surface area contributed by atoms with Crippen molar-refractivity contribution in [2.45, 2.75) is 6.92 Å². The van der Waals surface area contributed by atoms with Gasteiger partial charge in [-0.2, -0.15) is 15.8 Å². The maximum atomic E-state index is 11.7. The van der Waals surface area contributed by atoms with Crippen molar-refractivity contribution in [1.82, 2.24) is 0 Å². The number of allylic oxidation sites excluding steroid dienone is 2. The van der Waals surface area contributed by atoms with Crippen LogP contribution in [0, 0.1) is 34.0 Å². The summed E-state index contributed by atoms with van der Waals surface area (Å²) >= 11 is 0. The van der Waals surface area contributed by atoms with Crippen LogP contribution >= 0.6 is 0 Å². The van der Waals surface area contributed by atoms with Crippen molar-refractivity contribution in [3.63, 3.8) is 0 Å². The van der Waals surface area contributed by atoms with Gasteiger partial charge in [0.2, 0.25) is 6.79 Å². The summed E-state index contributed by atoms with van der Waals surface area (Å²) in [7, 11) is 0. The van der Waals surface area contributed by atoms with Gasteiger partial charge in [-0.25, -0.2) is 4.79 Å². The molecule has 0 aliphatic carbocycles. The molecule has 0 unspecified atom stereocenters. The Kier molecular flexibility index (Phi) is 5.07. The summed E-state index contributed by atoms with van der Waals surface area (Å²) in [5, 5.41) is 32.0. The SMILES string of the molecule is CCOC(=O)Nc1cc2c(cc1NC(C#N)=C(C#N)C#N)OCO2. The Morgan fingerprint density at radius 3 is 2.21 bits per heavy atom. The minimum Gasteiger partial charge on any atom is -0.454 e. The van der Waals surface area contributed by atoms with Crippen molar-refractivity contribution in [2.75, 3.05) is 24.0 Å². The lowest BCUT2D eigenvalue weighted by Gasteiger charge is -2.13. The Labute approximate surface area is 137 Å². The van der Waals surface area contributed by atoms with Crippen molar-refractivity contribution in [3.05, 3.63) is 23.4 Å². The molecule has 9 nitrogen and oxygen atoms in total. The molecule has 0 atom stereocenters. The summed E-state index contributed by atoms with van der Waals surface area (Å²) < 4.78 is 15.3. The van der Waals surface area contributed by atoms with Crippen LogP contribution in [0.2, 0.25) is 0 Å². The molecular formula is C15H11N5O4. The van der Waals surface area contributed by atoms with Crippen LogP contribution in [0.1, 0.15) is 6.92 Å². The predicted octanol–water partition coefficient (Wildman–Crippen LogP) is 2.22. The molecule has 2 N–H and O–H groups in total. The van der Waals surface area contributed by atoms with E-state index in [1.165, 1.54) is 12.1 Å². The second kappa shape index (κ2) is 7.39. The highest BCUT2D eigenvalue weighted by atomic mass is 16.7. The van der Waals surface area contributed by atoms with E-state index >= 15 is 0 Å². The molecule has 24 heavy (non-hydrogen) atoms. The number of benzene rings is 1. The Morgan fingerprint density at radius 2 is 1.71 bits per heavy atom. The van der Waals surface area contributed by atoms with Crippen molar-refractivity contribution in [3.8, 4) is 29.7 Å². The van der Waals surface area contributed by atoms with Crippen molar-refractivity contribution in [2.24, 2.45) is 0 Å². The van der Waals surface area contributed by atoms with E-state index in [4.69, 9.17) is 30.0 Å². The molecule has 1 aromatic rings. The fourth-order valence-electron chi connectivity index (χ4n) is 1.84. The van der Waals surface area contributed by atoms with Crippen LogP contribution in [0.3, 0.4) is 0 Å². The number of hydrogen-bond acceptors (Lipinski definition) is 8. The van der Waals surface area contributed by atoms with E-state index in [-0.39, 0.29) is 30.5 Å². The molecule has 1 heterocycles. The minimum absolute atomic E-state index is 0.0141. The number of carbonyl (C=O) groups is 1. The highest BCUT2D eigenvalue weighted by Gasteiger charge is 2.20. The normalized spacial score (nSPS) is 10.6. The first kappa shape index (κ1) is 16.5. The molecule has 1 aromatic carbocycles. The zero-order valence-corrected chi connectivity index (χ0v) is 12.5. The second-order valence-corrected chi connectivity index (χ2v) is 4.31. The van der Waals surface area contributed by atoms with E-state index in [0.717, 1.165) is 0 Å². The van der Waals surface area contributed by atoms with Crippen LogP contribution in [0.15, 0.2) is 23.4 Å². The number of nitrogens with zero attached hydrogens (tertiary/aromatic N) is 3. The maximum Gasteiger partial charge on any atom is 0.411 e. The topological polar surface area (TPSA) is 140 Å². The largest absolute Gasteiger partial charge is 0.454 e. The van der Waals surface area contributed by atoms with Gasteiger partial charge in [0.15, 0.2) is 17.1 Å². The Morgan fingerprint density at radius 1 is 1.12 bits per heavy atom. The molecule has 0 saturated heterocycles. The van der Waals surface area contributed by atoms with Crippen LogP contribution in [-0.4, -0.2) is 19.5 Å². The number of nitrogens with one attached hydrogen (secondary N) is 2. The quantitative estimate of drug-likeness (QED) is 0.803. The average Bonchev–Trinajstić information content (AvgIpc) is 3.02. The third-order valence-corrected chi connectivity index (χ3v) is 2.87. The number of fused-ring (bicyclic) bond motifs is 1. The second-order valence-electron chi connectivity index (χ2n) is 4.31. The summed E-state index contributed by atoms with van der Waals surface area (Å²) in [5.74, 6) is 0.787. The Balaban J connectivity index is 2.43. The van der Waals surface area contributed by atoms with Gasteiger partial charge in [0.1, 0.15) is 23.9 Å². The van der Waals surface area contributed by atoms with Gasteiger partial charge < -0.3 is 19.5 Å². The summed E-state index contributed by atoms with van der Waals surface area (Å²) in [4.78, 5) is 11.7. The predicted molar refractivity (Wildman–Crippen MR) is 80.7 cm³/mol. The van der Waals surface area contributed by atoms with Crippen LogP contribution in [0.5, 0.6) is 11.5 Å². The standard InChI is InChI=1S/C15H11N5O4/c1-2-22-15(21)20-11-4-14-13(23-8-24-14)3-10(11)19-12(7-18)9(5-16)6-17/h3-4,19H,2,8H2,1H3,(H,20,21). The van der Waals surface area contributed by atoms with Crippen LogP contribution in [-0.2, 0) is 4.74 Å². The smallest absolute Gasteiger partial charge is 0.411 e. The van der Waals surface area contributed by atoms with Gasteiger partial charge in [-0.15, -0.1) is 0 Å². The van der Waals surface area contributed by atoms with Gasteiger partial charge in [0.05, 0.1) is 18.0 Å². The van der Waals surface area contributed by atoms with Gasteiger partial charge in [0.25, 0.3) is 0 Å². The number of carbonyl (C=O) groups excluding carboxylic acids is 1. The number of ether oxygens (including phenoxy) is 3. The molecule has 1 aliphatic heterocycles. The number of nitriles is 3. The van der Waals surface area contributed by atoms with Crippen LogP contribution in [0.4, 0.5) is 16.2 Å². The monoisotopic (exact) mass is 325 g/mol. The van der Waals surface area contributed by atoms with E-state index in [2.05, 4.69) is 10.6 Å². The van der Waals surface area contributed by atoms with E-state index in [1.807, 2.05) is 0 Å². The lowest BCUT2D eigenvalue weighted by atomic mass is 10.2. The fourth-order valence-corrected chi connectivity index (χ4v) is 1.84. The third kappa shape index (κ3) is 3.46. The van der Waals surface area contributed by atoms with Crippen molar-refractivity contribution < 1.29 is 19.0 Å². The van der Waals surface area contributed by atoms with Gasteiger partial charge in [-0.05, 0) is 6.92 Å². The van der Waals surface area contributed by atoms with Gasteiger partial charge in [0, 0.05) is 12.1 Å². The number of anilines is 2. The fraction of sp³-hybridized carbons (Fsp3) is 0.200. The van der Waals surface area contributed by atoms with E-state index in [1.54, 1.807) is 25.1 Å². The molecule has 9 heteroatoms. The lowest BCUT2D eigenvalue weighted by Crippen LogP contribution is -2.15. The molecule has 0 saturated carbocycles. The van der Waals surface area contributed by atoms with Gasteiger partial charge in [-0.3, -0.25) is 5.32 Å². The van der Waals surface area contributed by atoms with Crippen LogP contribution < -0.4 is 20.1 Å². The third-order valence-electron chi connectivity index (χ3n) is 2.87. The lowest BCUT2D eigenvalue weighted by molar-refractivity contribution is 0.168. The first-order chi connectivity index (χ1) is 11.6. The highest BCUT2D eigenvalue weighted by Crippen LogP contribution is 2.40. The average molecular weight is 325 g/mol. The van der Waals surface area contributed by atoms with E-state index < -0.39 is 11.7 Å². The molecule has 0 radical (unpaired) electrons. The zero-order valence-electron chi connectivity index (χ0n) is 12.5. The zero-order chi connectivity index (χ0) is 17.5. The summed E-state index contributed by atoms with van der Waals surface area (Å²) in [6.45, 7) is 1.84. The molecule has 0 aromatic heterocycles. The molecule has 0 bridgehead atoms. The highest BCUT2D eigenvalue weighted by molar-refractivity contribution is 5.91. The molecular weight excluding hydrogens is 314 g/mol. The van der Waals surface area contributed by atoms with Gasteiger partial charge >= 0.3 is 6.09 Å². The molecule has 1 aliphatic rings. The molecule has 0 fully saturated rings. The molecule has 0 spiro atoms. The Hall–Kier alpha value is -3.90. The summed E-state index contributed by atoms with van der Waals surface area (Å²) in [6.07, 6.45) is -0.706. The van der Waals surface area contributed by atoms with Gasteiger partial charge in [-0.1, -0.05) is 0 Å². The van der Waals surface area contributed by atoms with Crippen LogP contribution in [0.25, 0.3) is 0 Å². The molecule has 2 rings (SSSR count). The number of amides is 1. The van der Waals surface area contributed by atoms with Crippen molar-refractivity contribution >= 4 is 17.5 Å². The maximum absolute atomic E-state index is 11.7. The number of hydrogen-bond donors (Lipinski definition) is 2. The first-order valence-corrected chi connectivity index (χ1v) is 6.72.